The molecule has 0 aliphatic carbocycles. The van der Waals surface area contributed by atoms with Crippen molar-refractivity contribution in [3.8, 4) is 0 Å². The number of aryl methyl sites for hydroxylation is 1. The Morgan fingerprint density at radius 2 is 2.36 bits per heavy atom. The van der Waals surface area contributed by atoms with Crippen molar-refractivity contribution in [2.24, 2.45) is 0 Å². The van der Waals surface area contributed by atoms with Crippen LogP contribution in [0.3, 0.4) is 0 Å². The molecule has 0 radical (unpaired) electrons. The van der Waals surface area contributed by atoms with Crippen LogP contribution in [0.15, 0.2) is 4.21 Å². The number of hydrogen-bond acceptors (Lipinski definition) is 5. The van der Waals surface area contributed by atoms with Crippen molar-refractivity contribution < 1.29 is 4.21 Å². The van der Waals surface area contributed by atoms with Gasteiger partial charge in [-0.2, -0.15) is 0 Å². The van der Waals surface area contributed by atoms with Gasteiger partial charge in [-0.1, -0.05) is 11.3 Å². The smallest absolute Gasteiger partial charge is 0.183 e. The molecule has 0 aromatic carbocycles. The lowest BCUT2D eigenvalue weighted by Crippen LogP contribution is -1.84. The molecular formula is C5H9N3OS2. The maximum atomic E-state index is 10.8. The van der Waals surface area contributed by atoms with Crippen LogP contribution in [0.5, 0.6) is 0 Å². The van der Waals surface area contributed by atoms with Crippen LogP contribution in [0.25, 0.3) is 0 Å². The highest BCUT2D eigenvalue weighted by Gasteiger charge is 2.05. The number of nitrogens with one attached hydrogen (secondary N) is 2. The lowest BCUT2D eigenvalue weighted by Gasteiger charge is -1.85. The molecule has 11 heavy (non-hydrogen) atoms. The fourth-order valence-corrected chi connectivity index (χ4v) is 2.28. The van der Waals surface area contributed by atoms with Gasteiger partial charge in [0.1, 0.15) is 4.21 Å². The molecule has 6 heteroatoms. The summed E-state index contributed by atoms with van der Waals surface area (Å²) in [5.41, 5.74) is 0.690. The molecule has 0 aliphatic rings. The van der Waals surface area contributed by atoms with Crippen molar-refractivity contribution in [3.63, 3.8) is 0 Å². The number of anilines is 1. The Labute approximate surface area is 70.7 Å². The van der Waals surface area contributed by atoms with E-state index in [4.69, 9.17) is 4.78 Å². The summed E-state index contributed by atoms with van der Waals surface area (Å²) in [5, 5.41) is 3.55. The highest BCUT2D eigenvalue weighted by molar-refractivity contribution is 7.76. The van der Waals surface area contributed by atoms with Gasteiger partial charge in [0.15, 0.2) is 5.13 Å². The molecule has 1 aromatic rings. The van der Waals surface area contributed by atoms with Crippen LogP contribution in [-0.4, -0.2) is 16.2 Å². The zero-order valence-electron chi connectivity index (χ0n) is 6.21. The zero-order valence-corrected chi connectivity index (χ0v) is 7.92. The van der Waals surface area contributed by atoms with E-state index in [0.29, 0.717) is 15.0 Å². The lowest BCUT2D eigenvalue weighted by molar-refractivity contribution is 0.688. The molecule has 4 nitrogen and oxygen atoms in total. The average Bonchev–Trinajstić information content (AvgIpc) is 2.30. The minimum atomic E-state index is -1.99. The van der Waals surface area contributed by atoms with E-state index in [1.165, 1.54) is 11.3 Å². The Morgan fingerprint density at radius 1 is 1.73 bits per heavy atom. The van der Waals surface area contributed by atoms with Crippen LogP contribution in [0, 0.1) is 11.7 Å². The van der Waals surface area contributed by atoms with Gasteiger partial charge in [0.05, 0.1) is 16.3 Å². The second-order valence-electron chi connectivity index (χ2n) is 1.95. The molecule has 0 saturated carbocycles. The van der Waals surface area contributed by atoms with Gasteiger partial charge in [-0.15, -0.1) is 0 Å². The molecule has 1 atom stereocenters. The number of rotatable bonds is 2. The molecule has 62 valence electrons. The highest BCUT2D eigenvalue weighted by Crippen LogP contribution is 2.22. The molecule has 0 bridgehead atoms. The Kier molecular flexibility index (Phi) is 2.45. The van der Waals surface area contributed by atoms with Crippen LogP contribution < -0.4 is 5.32 Å². The number of thiol groups is 1. The van der Waals surface area contributed by atoms with Crippen molar-refractivity contribution in [1.29, 1.82) is 4.78 Å². The molecule has 0 aliphatic heterocycles. The number of thiazole rings is 1. The Morgan fingerprint density at radius 3 is 2.64 bits per heavy atom. The van der Waals surface area contributed by atoms with E-state index >= 15 is 0 Å². The topological polar surface area (TPSA) is 65.8 Å². The first kappa shape index (κ1) is 8.48. The minimum absolute atomic E-state index is 0.560. The van der Waals surface area contributed by atoms with E-state index in [1.807, 2.05) is 0 Å². The second kappa shape index (κ2) is 3.19. The third-order valence-corrected chi connectivity index (χ3v) is 3.61. The Bertz CT molecular complexity index is 320. The molecular weight excluding hydrogens is 182 g/mol. The predicted molar refractivity (Wildman–Crippen MR) is 46.9 cm³/mol. The molecule has 1 heterocycles. The Balaban J connectivity index is 3.17. The maximum absolute atomic E-state index is 10.8. The zero-order chi connectivity index (χ0) is 8.43. The molecule has 2 N–H and O–H groups in total. The fourth-order valence-electron chi connectivity index (χ4n) is 0.684. The van der Waals surface area contributed by atoms with E-state index in [-0.39, 0.29) is 0 Å². The van der Waals surface area contributed by atoms with Crippen LogP contribution in [-0.2, 0) is 10.6 Å². The van der Waals surface area contributed by atoms with Crippen molar-refractivity contribution in [2.45, 2.75) is 11.1 Å². The summed E-state index contributed by atoms with van der Waals surface area (Å²) in [6.45, 7) is 1.76. The third-order valence-electron chi connectivity index (χ3n) is 1.17. The molecule has 1 unspecified atom stereocenters. The summed E-state index contributed by atoms with van der Waals surface area (Å²) in [5.74, 6) is 0. The van der Waals surface area contributed by atoms with Gasteiger partial charge in [0, 0.05) is 7.05 Å². The van der Waals surface area contributed by atoms with Crippen LogP contribution >= 0.6 is 11.3 Å². The van der Waals surface area contributed by atoms with Crippen molar-refractivity contribution in [1.82, 2.24) is 4.98 Å². The van der Waals surface area contributed by atoms with Crippen molar-refractivity contribution in [3.05, 3.63) is 5.69 Å². The predicted octanol–water partition coefficient (Wildman–Crippen LogP) is 1.10. The van der Waals surface area contributed by atoms with E-state index < -0.39 is 10.6 Å². The number of nitrogens with zero attached hydrogens (tertiary/aromatic N) is 1. The largest absolute Gasteiger partial charge is 0.365 e. The lowest BCUT2D eigenvalue weighted by atomic mass is 10.6. The van der Waals surface area contributed by atoms with Gasteiger partial charge in [-0.3, -0.25) is 4.78 Å². The maximum Gasteiger partial charge on any atom is 0.183 e. The first-order valence-corrected chi connectivity index (χ1v) is 5.06. The molecule has 0 saturated heterocycles. The summed E-state index contributed by atoms with van der Waals surface area (Å²) in [7, 11) is -0.236. The molecule has 1 aromatic heterocycles. The molecule has 0 fully saturated rings. The average molecular weight is 191 g/mol. The molecule has 1 rings (SSSR count). The van der Waals surface area contributed by atoms with Crippen LogP contribution in [0.1, 0.15) is 5.69 Å². The van der Waals surface area contributed by atoms with Gasteiger partial charge < -0.3 is 5.32 Å². The van der Waals surface area contributed by atoms with Gasteiger partial charge in [-0.25, -0.2) is 9.19 Å². The quantitative estimate of drug-likeness (QED) is 0.613. The second-order valence-corrected chi connectivity index (χ2v) is 4.29. The molecule has 0 amide bonds. The van der Waals surface area contributed by atoms with E-state index in [1.54, 1.807) is 14.0 Å². The van der Waals surface area contributed by atoms with Gasteiger partial charge in [0.2, 0.25) is 0 Å². The molecule has 0 spiro atoms. The van der Waals surface area contributed by atoms with E-state index in [0.717, 1.165) is 0 Å². The third kappa shape index (κ3) is 1.69. The first-order chi connectivity index (χ1) is 5.15. The first-order valence-electron chi connectivity index (χ1n) is 2.99. The summed E-state index contributed by atoms with van der Waals surface area (Å²) in [4.78, 5) is 4.05. The highest BCUT2D eigenvalue weighted by atomic mass is 32.2. The summed E-state index contributed by atoms with van der Waals surface area (Å²) >= 11 is 1.27. The van der Waals surface area contributed by atoms with E-state index in [9.17, 15) is 4.21 Å². The SMILES string of the molecule is CNc1nc(C)c([SH](=N)=O)s1. The minimum Gasteiger partial charge on any atom is -0.365 e. The number of hydrogen-bond donors (Lipinski definition) is 3. The van der Waals surface area contributed by atoms with Crippen molar-refractivity contribution >= 4 is 27.1 Å². The van der Waals surface area contributed by atoms with Gasteiger partial charge >= 0.3 is 0 Å². The van der Waals surface area contributed by atoms with Crippen LogP contribution in [0.2, 0.25) is 0 Å². The normalized spacial score (nSPS) is 12.9. The summed E-state index contributed by atoms with van der Waals surface area (Å²) < 4.78 is 18.3. The standard InChI is InChI=1S/C5H9N3OS2/c1-3-4(11(6)9)10-5(7-2)8-3/h6,11H,1-2H3,(H,7,8). The Hall–Kier alpha value is -0.620. The fraction of sp³-hybridized carbons (Fsp3) is 0.400. The van der Waals surface area contributed by atoms with Crippen molar-refractivity contribution in [2.75, 3.05) is 12.4 Å². The summed E-state index contributed by atoms with van der Waals surface area (Å²) in [6, 6.07) is 0. The van der Waals surface area contributed by atoms with Crippen LogP contribution in [0.4, 0.5) is 5.13 Å². The van der Waals surface area contributed by atoms with Gasteiger partial charge in [-0.05, 0) is 6.92 Å². The monoisotopic (exact) mass is 191 g/mol. The van der Waals surface area contributed by atoms with E-state index in [2.05, 4.69) is 10.3 Å². The van der Waals surface area contributed by atoms with Gasteiger partial charge in [0.25, 0.3) is 0 Å². The summed E-state index contributed by atoms with van der Waals surface area (Å²) in [6.07, 6.45) is 0. The number of aromatic nitrogens is 1.